The fourth-order valence-electron chi connectivity index (χ4n) is 2.99. The van der Waals surface area contributed by atoms with Crippen LogP contribution in [0.25, 0.3) is 0 Å². The second kappa shape index (κ2) is 6.77. The van der Waals surface area contributed by atoms with E-state index in [1.165, 1.54) is 43.3 Å². The van der Waals surface area contributed by atoms with Crippen LogP contribution >= 0.6 is 0 Å². The van der Waals surface area contributed by atoms with Gasteiger partial charge in [-0.25, -0.2) is 4.79 Å². The maximum atomic E-state index is 12.0. The number of ether oxygens (including phenoxy) is 1. The molecule has 0 amide bonds. The van der Waals surface area contributed by atoms with Crippen LogP contribution in [0.1, 0.15) is 64.7 Å². The molecule has 0 N–H and O–H groups in total. The van der Waals surface area contributed by atoms with E-state index < -0.39 is 0 Å². The van der Waals surface area contributed by atoms with Crippen molar-refractivity contribution in [2.75, 3.05) is 6.61 Å². The molecule has 2 aliphatic carbocycles. The van der Waals surface area contributed by atoms with Gasteiger partial charge in [0, 0.05) is 5.57 Å². The first kappa shape index (κ1) is 13.4. The number of carbonyl (C=O) groups excluding carboxylic acids is 1. The number of rotatable bonds is 3. The molecule has 2 heteroatoms. The van der Waals surface area contributed by atoms with E-state index in [0.29, 0.717) is 6.61 Å². The van der Waals surface area contributed by atoms with E-state index >= 15 is 0 Å². The lowest BCUT2D eigenvalue weighted by Gasteiger charge is -2.21. The van der Waals surface area contributed by atoms with Crippen molar-refractivity contribution in [2.45, 2.75) is 64.7 Å². The molecule has 2 aliphatic rings. The van der Waals surface area contributed by atoms with Crippen molar-refractivity contribution in [1.82, 2.24) is 0 Å². The van der Waals surface area contributed by atoms with E-state index in [9.17, 15) is 4.79 Å². The van der Waals surface area contributed by atoms with Crippen LogP contribution < -0.4 is 0 Å². The Balaban J connectivity index is 2.23. The molecule has 2 nitrogen and oxygen atoms in total. The molecule has 0 aliphatic heterocycles. The Morgan fingerprint density at radius 1 is 1.11 bits per heavy atom. The maximum Gasteiger partial charge on any atom is 0.334 e. The third-order valence-corrected chi connectivity index (χ3v) is 3.92. The van der Waals surface area contributed by atoms with Crippen LogP contribution in [-0.2, 0) is 9.53 Å². The molecule has 0 saturated carbocycles. The summed E-state index contributed by atoms with van der Waals surface area (Å²) in [5.41, 5.74) is 3.73. The summed E-state index contributed by atoms with van der Waals surface area (Å²) in [4.78, 5) is 12.0. The van der Waals surface area contributed by atoms with Gasteiger partial charge in [-0.1, -0.05) is 12.5 Å². The third-order valence-electron chi connectivity index (χ3n) is 3.92. The summed E-state index contributed by atoms with van der Waals surface area (Å²) >= 11 is 0. The molecule has 0 spiro atoms. The zero-order valence-corrected chi connectivity index (χ0v) is 11.5. The zero-order valence-electron chi connectivity index (χ0n) is 11.5. The van der Waals surface area contributed by atoms with Gasteiger partial charge in [0.25, 0.3) is 0 Å². The average molecular weight is 248 g/mol. The second-order valence-corrected chi connectivity index (χ2v) is 5.21. The zero-order chi connectivity index (χ0) is 12.8. The van der Waals surface area contributed by atoms with Crippen LogP contribution in [-0.4, -0.2) is 12.6 Å². The van der Waals surface area contributed by atoms with Gasteiger partial charge < -0.3 is 4.74 Å². The fourth-order valence-corrected chi connectivity index (χ4v) is 2.99. The Morgan fingerprint density at radius 2 is 1.89 bits per heavy atom. The molecular formula is C16H24O2. The molecule has 0 fully saturated rings. The third kappa shape index (κ3) is 3.24. The summed E-state index contributed by atoms with van der Waals surface area (Å²) < 4.78 is 5.21. The molecule has 0 aromatic carbocycles. The largest absolute Gasteiger partial charge is 0.463 e. The van der Waals surface area contributed by atoms with Gasteiger partial charge in [0.1, 0.15) is 0 Å². The van der Waals surface area contributed by atoms with E-state index in [1.807, 2.05) is 6.92 Å². The van der Waals surface area contributed by atoms with Crippen LogP contribution in [0.2, 0.25) is 0 Å². The molecule has 0 unspecified atom stereocenters. The molecule has 0 heterocycles. The van der Waals surface area contributed by atoms with Gasteiger partial charge in [-0.05, 0) is 69.4 Å². The van der Waals surface area contributed by atoms with Crippen LogP contribution in [0, 0.1) is 0 Å². The second-order valence-electron chi connectivity index (χ2n) is 5.21. The fraction of sp³-hybridized carbons (Fsp3) is 0.688. The highest BCUT2D eigenvalue weighted by Crippen LogP contribution is 2.34. The van der Waals surface area contributed by atoms with Crippen LogP contribution in [0.3, 0.4) is 0 Å². The molecule has 0 saturated heterocycles. The minimum absolute atomic E-state index is 0.0719. The SMILES string of the molecule is CCOC(=O)C1=C(C2=CCCCCC2)CCCC1. The summed E-state index contributed by atoms with van der Waals surface area (Å²) in [6, 6.07) is 0. The van der Waals surface area contributed by atoms with E-state index in [1.54, 1.807) is 0 Å². The topological polar surface area (TPSA) is 26.3 Å². The molecule has 100 valence electrons. The maximum absolute atomic E-state index is 12.0. The highest BCUT2D eigenvalue weighted by molar-refractivity contribution is 5.90. The minimum Gasteiger partial charge on any atom is -0.463 e. The lowest BCUT2D eigenvalue weighted by atomic mass is 9.85. The minimum atomic E-state index is -0.0719. The highest BCUT2D eigenvalue weighted by atomic mass is 16.5. The summed E-state index contributed by atoms with van der Waals surface area (Å²) in [5.74, 6) is -0.0719. The first-order valence-corrected chi connectivity index (χ1v) is 7.41. The van der Waals surface area contributed by atoms with E-state index in [-0.39, 0.29) is 5.97 Å². The van der Waals surface area contributed by atoms with Gasteiger partial charge in [0.15, 0.2) is 0 Å². The summed E-state index contributed by atoms with van der Waals surface area (Å²) in [6.07, 6.45) is 12.9. The summed E-state index contributed by atoms with van der Waals surface area (Å²) in [6.45, 7) is 2.36. The van der Waals surface area contributed by atoms with Gasteiger partial charge in [-0.2, -0.15) is 0 Å². The summed E-state index contributed by atoms with van der Waals surface area (Å²) in [7, 11) is 0. The first-order valence-electron chi connectivity index (χ1n) is 7.41. The number of hydrogen-bond acceptors (Lipinski definition) is 2. The molecule has 0 aromatic rings. The Hall–Kier alpha value is -1.05. The van der Waals surface area contributed by atoms with Crippen molar-refractivity contribution in [3.8, 4) is 0 Å². The molecule has 0 radical (unpaired) electrons. The smallest absolute Gasteiger partial charge is 0.334 e. The van der Waals surface area contributed by atoms with Crippen molar-refractivity contribution in [3.63, 3.8) is 0 Å². The monoisotopic (exact) mass is 248 g/mol. The van der Waals surface area contributed by atoms with Crippen molar-refractivity contribution in [2.24, 2.45) is 0 Å². The molecular weight excluding hydrogens is 224 g/mol. The van der Waals surface area contributed by atoms with Crippen LogP contribution in [0.5, 0.6) is 0 Å². The van der Waals surface area contributed by atoms with Gasteiger partial charge in [-0.3, -0.25) is 0 Å². The van der Waals surface area contributed by atoms with Gasteiger partial charge >= 0.3 is 5.97 Å². The van der Waals surface area contributed by atoms with E-state index in [2.05, 4.69) is 6.08 Å². The molecule has 18 heavy (non-hydrogen) atoms. The number of carbonyl (C=O) groups is 1. The van der Waals surface area contributed by atoms with Crippen molar-refractivity contribution in [1.29, 1.82) is 0 Å². The standard InChI is InChI=1S/C16H24O2/c1-2-18-16(17)15-12-8-7-11-14(15)13-9-5-3-4-6-10-13/h9H,2-8,10-12H2,1H3. The van der Waals surface area contributed by atoms with Crippen molar-refractivity contribution >= 4 is 5.97 Å². The molecule has 0 atom stereocenters. The first-order chi connectivity index (χ1) is 8.83. The normalized spacial score (nSPS) is 21.3. The average Bonchev–Trinajstić information content (AvgIpc) is 2.68. The Morgan fingerprint density at radius 3 is 2.72 bits per heavy atom. The van der Waals surface area contributed by atoms with Gasteiger partial charge in [0.2, 0.25) is 0 Å². The predicted octanol–water partition coefficient (Wildman–Crippen LogP) is 4.31. The molecule has 0 aromatic heterocycles. The van der Waals surface area contributed by atoms with E-state index in [0.717, 1.165) is 31.3 Å². The van der Waals surface area contributed by atoms with E-state index in [4.69, 9.17) is 4.74 Å². The van der Waals surface area contributed by atoms with Crippen LogP contribution in [0.15, 0.2) is 22.8 Å². The van der Waals surface area contributed by atoms with Crippen molar-refractivity contribution in [3.05, 3.63) is 22.8 Å². The number of allylic oxidation sites excluding steroid dienone is 3. The number of esters is 1. The molecule has 0 bridgehead atoms. The lowest BCUT2D eigenvalue weighted by Crippen LogP contribution is -2.14. The van der Waals surface area contributed by atoms with Crippen molar-refractivity contribution < 1.29 is 9.53 Å². The Kier molecular flexibility index (Phi) is 5.03. The Bertz CT molecular complexity index is 363. The van der Waals surface area contributed by atoms with Gasteiger partial charge in [0.05, 0.1) is 6.61 Å². The highest BCUT2D eigenvalue weighted by Gasteiger charge is 2.22. The van der Waals surface area contributed by atoms with Crippen LogP contribution in [0.4, 0.5) is 0 Å². The lowest BCUT2D eigenvalue weighted by molar-refractivity contribution is -0.138. The predicted molar refractivity (Wildman–Crippen MR) is 73.3 cm³/mol. The quantitative estimate of drug-likeness (QED) is 0.696. The number of hydrogen-bond donors (Lipinski definition) is 0. The molecule has 2 rings (SSSR count). The summed E-state index contributed by atoms with van der Waals surface area (Å²) in [5, 5.41) is 0. The Labute approximate surface area is 110 Å². The van der Waals surface area contributed by atoms with Gasteiger partial charge in [-0.15, -0.1) is 0 Å².